The first-order valence-corrected chi connectivity index (χ1v) is 10.4. The first kappa shape index (κ1) is 21.2. The quantitative estimate of drug-likeness (QED) is 0.366. The predicted octanol–water partition coefficient (Wildman–Crippen LogP) is 7.00. The molecule has 0 aliphatic carbocycles. The first-order valence-electron chi connectivity index (χ1n) is 8.92. The normalized spacial score (nSPS) is 20.5. The van der Waals surface area contributed by atoms with E-state index >= 15 is 0 Å². The van der Waals surface area contributed by atoms with Crippen LogP contribution in [0.2, 0.25) is 0 Å². The van der Waals surface area contributed by atoms with Gasteiger partial charge in [-0.1, -0.05) is 25.9 Å². The minimum absolute atomic E-state index is 0.163. The summed E-state index contributed by atoms with van der Waals surface area (Å²) in [6.07, 6.45) is 0.359. The van der Waals surface area contributed by atoms with Gasteiger partial charge < -0.3 is 0 Å². The molecule has 1 aliphatic heterocycles. The zero-order valence-electron chi connectivity index (χ0n) is 16.2. The van der Waals surface area contributed by atoms with E-state index in [1.54, 1.807) is 0 Å². The summed E-state index contributed by atoms with van der Waals surface area (Å²) in [4.78, 5) is 0. The molecule has 3 rings (SSSR count). The van der Waals surface area contributed by atoms with E-state index in [4.69, 9.17) is 0 Å². The molecule has 0 saturated carbocycles. The Morgan fingerprint density at radius 2 is 1.36 bits per heavy atom. The van der Waals surface area contributed by atoms with Crippen LogP contribution in [-0.4, -0.2) is 10.4 Å². The summed E-state index contributed by atoms with van der Waals surface area (Å²) >= 11 is 0. The van der Waals surface area contributed by atoms with Gasteiger partial charge in [0.1, 0.15) is 23.3 Å². The molecule has 148 valence electrons. The second kappa shape index (κ2) is 7.39. The highest BCUT2D eigenvalue weighted by Gasteiger charge is 2.43. The molecule has 6 heteroatoms. The maximum Gasteiger partial charge on any atom is 0.130 e. The highest BCUT2D eigenvalue weighted by atomic mass is 31.1. The fraction of sp³-hybridized carbons (Fsp3) is 0.318. The molecular formula is C22H22F4P2. The second-order valence-corrected chi connectivity index (χ2v) is 10.5. The monoisotopic (exact) mass is 424 g/mol. The first-order chi connectivity index (χ1) is 13.0. The molecule has 2 aromatic carbocycles. The highest BCUT2D eigenvalue weighted by Crippen LogP contribution is 2.54. The molecule has 1 heterocycles. The fourth-order valence-electron chi connectivity index (χ4n) is 3.97. The van der Waals surface area contributed by atoms with Crippen molar-refractivity contribution in [2.45, 2.75) is 44.4 Å². The zero-order valence-corrected chi connectivity index (χ0v) is 18.3. The molecule has 0 amide bonds. The molecule has 0 fully saturated rings. The molecule has 2 unspecified atom stereocenters. The number of allylic oxidation sites excluding steroid dienone is 2. The predicted molar refractivity (Wildman–Crippen MR) is 112 cm³/mol. The molecule has 0 spiro atoms. The van der Waals surface area contributed by atoms with Gasteiger partial charge in [0.2, 0.25) is 0 Å². The molecular weight excluding hydrogens is 402 g/mol. The molecule has 0 bridgehead atoms. The van der Waals surface area contributed by atoms with Crippen LogP contribution in [0.5, 0.6) is 0 Å². The highest BCUT2D eigenvalue weighted by molar-refractivity contribution is 7.44. The molecule has 0 nitrogen and oxygen atoms in total. The Kier molecular flexibility index (Phi) is 5.60. The maximum atomic E-state index is 14.8. The van der Waals surface area contributed by atoms with Gasteiger partial charge in [-0.15, -0.1) is 9.24 Å². The van der Waals surface area contributed by atoms with Crippen molar-refractivity contribution in [2.75, 3.05) is 0 Å². The van der Waals surface area contributed by atoms with E-state index < -0.39 is 28.4 Å². The molecule has 2 atom stereocenters. The lowest BCUT2D eigenvalue weighted by molar-refractivity contribution is 0.494. The van der Waals surface area contributed by atoms with Gasteiger partial charge in [0.15, 0.2) is 0 Å². The van der Waals surface area contributed by atoms with Crippen LogP contribution in [0, 0.1) is 23.3 Å². The molecule has 1 aliphatic rings. The summed E-state index contributed by atoms with van der Waals surface area (Å²) < 4.78 is 56.7. The summed E-state index contributed by atoms with van der Waals surface area (Å²) in [6, 6.07) is 6.62. The topological polar surface area (TPSA) is 0 Å². The van der Waals surface area contributed by atoms with E-state index in [1.165, 1.54) is 35.1 Å². The zero-order chi connectivity index (χ0) is 20.9. The number of hydrogen-bond donors (Lipinski definition) is 0. The van der Waals surface area contributed by atoms with Crippen LogP contribution in [0.15, 0.2) is 47.5 Å². The lowest BCUT2D eigenvalue weighted by atomic mass is 9.79. The van der Waals surface area contributed by atoms with E-state index in [2.05, 4.69) is 16.2 Å². The van der Waals surface area contributed by atoms with Gasteiger partial charge in [-0.2, -0.15) is 0 Å². The van der Waals surface area contributed by atoms with Crippen LogP contribution in [-0.2, 0) is 5.16 Å². The van der Waals surface area contributed by atoms with Gasteiger partial charge in [0, 0.05) is 33.6 Å². The Bertz CT molecular complexity index is 958. The molecule has 0 aromatic heterocycles. The number of rotatable bonds is 4. The lowest BCUT2D eigenvalue weighted by Gasteiger charge is -2.38. The molecule has 0 N–H and O–H groups in total. The number of hydrogen-bond acceptors (Lipinski definition) is 0. The van der Waals surface area contributed by atoms with E-state index in [0.29, 0.717) is 6.42 Å². The van der Waals surface area contributed by atoms with E-state index in [0.717, 1.165) is 25.9 Å². The van der Waals surface area contributed by atoms with Gasteiger partial charge >= 0.3 is 0 Å². The Hall–Kier alpha value is -1.50. The van der Waals surface area contributed by atoms with E-state index in [9.17, 15) is 17.6 Å². The minimum Gasteiger partial charge on any atom is -0.207 e. The molecule has 2 aromatic rings. The van der Waals surface area contributed by atoms with Crippen molar-refractivity contribution in [3.63, 3.8) is 0 Å². The van der Waals surface area contributed by atoms with Crippen LogP contribution in [0.1, 0.15) is 45.2 Å². The average molecular weight is 424 g/mol. The third-order valence-corrected chi connectivity index (χ3v) is 8.26. The Balaban J connectivity index is 2.24. The van der Waals surface area contributed by atoms with Crippen molar-refractivity contribution in [1.82, 2.24) is 0 Å². The van der Waals surface area contributed by atoms with Crippen LogP contribution in [0.25, 0.3) is 0 Å². The van der Waals surface area contributed by atoms with Crippen LogP contribution < -0.4 is 0 Å². The van der Waals surface area contributed by atoms with Crippen molar-refractivity contribution in [3.8, 4) is 0 Å². The summed E-state index contributed by atoms with van der Waals surface area (Å²) in [5.74, 6) is -2.91. The van der Waals surface area contributed by atoms with Gasteiger partial charge in [0.05, 0.1) is 0 Å². The van der Waals surface area contributed by atoms with Crippen molar-refractivity contribution in [1.29, 1.82) is 0 Å². The largest absolute Gasteiger partial charge is 0.207 e. The second-order valence-electron chi connectivity index (χ2n) is 7.62. The van der Waals surface area contributed by atoms with Gasteiger partial charge in [-0.3, -0.25) is 0 Å². The SMILES string of the molecule is CC1=PC(C)(CC(P)(c2ccc(F)cc2F)c2ccc(F)cc2F)C(C)=C1C. The Labute approximate surface area is 167 Å². The van der Waals surface area contributed by atoms with E-state index in [1.807, 2.05) is 20.8 Å². The maximum absolute atomic E-state index is 14.8. The summed E-state index contributed by atoms with van der Waals surface area (Å²) in [5.41, 5.74) is 2.67. The summed E-state index contributed by atoms with van der Waals surface area (Å²) in [6.45, 7) is 8.19. The van der Waals surface area contributed by atoms with Crippen molar-refractivity contribution >= 4 is 22.7 Å². The molecule has 0 saturated heterocycles. The lowest BCUT2D eigenvalue weighted by Crippen LogP contribution is -2.33. The van der Waals surface area contributed by atoms with Crippen LogP contribution in [0.4, 0.5) is 17.6 Å². The Morgan fingerprint density at radius 3 is 1.71 bits per heavy atom. The smallest absolute Gasteiger partial charge is 0.130 e. The van der Waals surface area contributed by atoms with Gasteiger partial charge in [-0.25, -0.2) is 17.6 Å². The average Bonchev–Trinajstić information content (AvgIpc) is 2.77. The molecule has 28 heavy (non-hydrogen) atoms. The van der Waals surface area contributed by atoms with Gasteiger partial charge in [-0.05, 0) is 57.1 Å². The summed E-state index contributed by atoms with van der Waals surface area (Å²) in [7, 11) is 3.64. The third-order valence-electron chi connectivity index (χ3n) is 5.77. The molecule has 0 radical (unpaired) electrons. The van der Waals surface area contributed by atoms with Crippen molar-refractivity contribution in [3.05, 3.63) is 81.9 Å². The minimum atomic E-state index is -1.19. The standard InChI is InChI=1S/C22H22F4P2/c1-12-13(2)21(4,28-14(12)3)11-22(27,17-7-5-15(23)9-19(17)25)18-8-6-16(24)10-20(18)26/h5-10H,11,27H2,1-4H3. The van der Waals surface area contributed by atoms with Crippen LogP contribution >= 0.6 is 17.4 Å². The van der Waals surface area contributed by atoms with Crippen LogP contribution in [0.3, 0.4) is 0 Å². The summed E-state index contributed by atoms with van der Waals surface area (Å²) in [5, 5.41) is -0.340. The van der Waals surface area contributed by atoms with Crippen molar-refractivity contribution < 1.29 is 17.6 Å². The Morgan fingerprint density at radius 1 is 0.893 bits per heavy atom. The van der Waals surface area contributed by atoms with Crippen molar-refractivity contribution in [2.24, 2.45) is 0 Å². The number of benzene rings is 2. The van der Waals surface area contributed by atoms with E-state index in [-0.39, 0.29) is 16.3 Å². The third kappa shape index (κ3) is 3.58. The van der Waals surface area contributed by atoms with Gasteiger partial charge in [0.25, 0.3) is 0 Å². The fourth-order valence-corrected chi connectivity index (χ4v) is 6.75. The number of halogens is 4.